The molecule has 0 N–H and O–H groups in total. The molecule has 0 aliphatic heterocycles. The maximum atomic E-state index is 13.6. The second kappa shape index (κ2) is 20.0. The summed E-state index contributed by atoms with van der Waals surface area (Å²) in [4.78, 5) is 25.8. The SMILES string of the molecule is CCCCCCCCC(CCCCCCCC)([S][Sn][S]CC(=O)Oc1ccco1)C(=O)Oc1ccco1. The van der Waals surface area contributed by atoms with Crippen LogP contribution in [-0.4, -0.2) is 40.8 Å². The first-order valence-corrected chi connectivity index (χ1v) is 22.4. The molecule has 2 aromatic heterocycles. The van der Waals surface area contributed by atoms with E-state index in [1.54, 1.807) is 42.2 Å². The molecule has 2 heterocycles. The van der Waals surface area contributed by atoms with Gasteiger partial charge in [0.05, 0.1) is 0 Å². The summed E-state index contributed by atoms with van der Waals surface area (Å²) in [5, 5.41) is 0. The summed E-state index contributed by atoms with van der Waals surface area (Å²) >= 11 is -1.18. The zero-order valence-corrected chi connectivity index (χ0v) is 26.8. The molecule has 2 aromatic rings. The molecule has 0 amide bonds. The van der Waals surface area contributed by atoms with Crippen LogP contribution >= 0.6 is 17.9 Å². The van der Waals surface area contributed by atoms with Crippen LogP contribution in [0.4, 0.5) is 0 Å². The Bertz CT molecular complexity index is 825. The van der Waals surface area contributed by atoms with Gasteiger partial charge in [0, 0.05) is 0 Å². The number of esters is 2. The number of hydrogen-bond donors (Lipinski definition) is 0. The molecule has 0 bridgehead atoms. The van der Waals surface area contributed by atoms with Crippen molar-refractivity contribution in [2.45, 2.75) is 108 Å². The van der Waals surface area contributed by atoms with E-state index >= 15 is 0 Å². The Balaban J connectivity index is 1.99. The quantitative estimate of drug-likeness (QED) is 0.0708. The van der Waals surface area contributed by atoms with Gasteiger partial charge in [-0.05, 0) is 0 Å². The van der Waals surface area contributed by atoms with E-state index in [2.05, 4.69) is 13.8 Å². The van der Waals surface area contributed by atoms with Crippen molar-refractivity contribution >= 4 is 48.2 Å². The van der Waals surface area contributed by atoms with E-state index in [1.807, 2.05) is 0 Å². The number of unbranched alkanes of at least 4 members (excludes halogenated alkanes) is 10. The van der Waals surface area contributed by atoms with E-state index in [1.165, 1.54) is 63.9 Å². The number of hydrogen-bond acceptors (Lipinski definition) is 8. The minimum atomic E-state index is -1.18. The first kappa shape index (κ1) is 32.2. The normalized spacial score (nSPS) is 11.5. The molecule has 2 radical (unpaired) electrons. The number of furan rings is 2. The summed E-state index contributed by atoms with van der Waals surface area (Å²) in [6.07, 6.45) is 18.7. The van der Waals surface area contributed by atoms with Crippen LogP contribution in [0.15, 0.2) is 45.6 Å². The molecule has 0 unspecified atom stereocenters. The van der Waals surface area contributed by atoms with Gasteiger partial charge in [-0.3, -0.25) is 0 Å². The minimum absolute atomic E-state index is 0.200. The molecule has 0 atom stereocenters. The molecule has 2 rings (SSSR count). The van der Waals surface area contributed by atoms with Crippen molar-refractivity contribution in [3.8, 4) is 11.9 Å². The van der Waals surface area contributed by atoms with E-state index in [0.29, 0.717) is 0 Å². The van der Waals surface area contributed by atoms with Crippen molar-refractivity contribution in [1.82, 2.24) is 0 Å². The van der Waals surface area contributed by atoms with E-state index < -0.39 is 23.1 Å². The Kier molecular flexibility index (Phi) is 17.4. The van der Waals surface area contributed by atoms with Gasteiger partial charge < -0.3 is 0 Å². The molecule has 0 aromatic carbocycles. The third-order valence-corrected chi connectivity index (χ3v) is 18.0. The molecule has 0 saturated carbocycles. The topological polar surface area (TPSA) is 78.9 Å². The summed E-state index contributed by atoms with van der Waals surface area (Å²) in [6.45, 7) is 4.45. The van der Waals surface area contributed by atoms with Crippen LogP contribution in [0.3, 0.4) is 0 Å². The predicted octanol–water partition coefficient (Wildman–Crippen LogP) is 8.62. The van der Waals surface area contributed by atoms with Gasteiger partial charge in [-0.2, -0.15) is 0 Å². The molecular weight excluding hydrogens is 615 g/mol. The van der Waals surface area contributed by atoms with E-state index in [4.69, 9.17) is 18.3 Å². The summed E-state index contributed by atoms with van der Waals surface area (Å²) in [5.74, 6) is 0.204. The van der Waals surface area contributed by atoms with Gasteiger partial charge in [-0.15, -0.1) is 0 Å². The first-order valence-electron chi connectivity index (χ1n) is 13.6. The predicted molar refractivity (Wildman–Crippen MR) is 153 cm³/mol. The van der Waals surface area contributed by atoms with Crippen LogP contribution in [0.2, 0.25) is 0 Å². The zero-order chi connectivity index (χ0) is 26.6. The van der Waals surface area contributed by atoms with Crippen molar-refractivity contribution in [1.29, 1.82) is 0 Å². The molecule has 0 fully saturated rings. The van der Waals surface area contributed by atoms with Crippen molar-refractivity contribution in [3.05, 3.63) is 36.8 Å². The van der Waals surface area contributed by atoms with Gasteiger partial charge in [0.1, 0.15) is 0 Å². The third-order valence-electron chi connectivity index (χ3n) is 6.12. The van der Waals surface area contributed by atoms with Crippen LogP contribution in [0.1, 0.15) is 104 Å². The van der Waals surface area contributed by atoms with Crippen LogP contribution in [0.25, 0.3) is 0 Å². The molecule has 37 heavy (non-hydrogen) atoms. The fraction of sp³-hybridized carbons (Fsp3) is 0.643. The Morgan fingerprint density at radius 2 is 1.30 bits per heavy atom. The number of ether oxygens (including phenoxy) is 2. The van der Waals surface area contributed by atoms with Crippen LogP contribution in [0, 0.1) is 0 Å². The molecule has 206 valence electrons. The molecule has 9 heteroatoms. The second-order valence-corrected chi connectivity index (χ2v) is 20.0. The van der Waals surface area contributed by atoms with Crippen LogP contribution in [-0.2, 0) is 9.59 Å². The van der Waals surface area contributed by atoms with Crippen LogP contribution in [0.5, 0.6) is 11.9 Å². The fourth-order valence-electron chi connectivity index (χ4n) is 4.02. The number of carbonyl (C=O) groups is 2. The molecule has 6 nitrogen and oxygen atoms in total. The van der Waals surface area contributed by atoms with Gasteiger partial charge in [0.2, 0.25) is 0 Å². The second-order valence-electron chi connectivity index (χ2n) is 9.23. The van der Waals surface area contributed by atoms with Crippen molar-refractivity contribution in [2.75, 3.05) is 5.75 Å². The van der Waals surface area contributed by atoms with E-state index in [-0.39, 0.29) is 29.6 Å². The average Bonchev–Trinajstić information content (AvgIpc) is 3.60. The van der Waals surface area contributed by atoms with Crippen molar-refractivity contribution in [3.63, 3.8) is 0 Å². The molecular formula is C28H42O6S2Sn. The summed E-state index contributed by atoms with van der Waals surface area (Å²) in [5.41, 5.74) is 0. The van der Waals surface area contributed by atoms with Crippen molar-refractivity contribution in [2.24, 2.45) is 0 Å². The van der Waals surface area contributed by atoms with Gasteiger partial charge in [0.15, 0.2) is 0 Å². The summed E-state index contributed by atoms with van der Waals surface area (Å²) in [6, 6.07) is 6.72. The molecule has 0 saturated heterocycles. The van der Waals surface area contributed by atoms with Gasteiger partial charge >= 0.3 is 239 Å². The Labute approximate surface area is 237 Å². The number of carbonyl (C=O) groups excluding carboxylic acids is 2. The monoisotopic (exact) mass is 658 g/mol. The fourth-order valence-corrected chi connectivity index (χ4v) is 16.5. The number of rotatable bonds is 22. The third kappa shape index (κ3) is 13.6. The summed E-state index contributed by atoms with van der Waals surface area (Å²) < 4.78 is 20.8. The summed E-state index contributed by atoms with van der Waals surface area (Å²) in [7, 11) is 3.39. The Morgan fingerprint density at radius 1 is 0.784 bits per heavy atom. The average molecular weight is 657 g/mol. The maximum absolute atomic E-state index is 13.6. The first-order chi connectivity index (χ1) is 18.1. The van der Waals surface area contributed by atoms with Crippen molar-refractivity contribution < 1.29 is 27.9 Å². The van der Waals surface area contributed by atoms with E-state index in [0.717, 1.165) is 38.5 Å². The van der Waals surface area contributed by atoms with Gasteiger partial charge in [-0.25, -0.2) is 0 Å². The van der Waals surface area contributed by atoms with Crippen LogP contribution < -0.4 is 9.47 Å². The zero-order valence-electron chi connectivity index (χ0n) is 22.3. The standard InChI is InChI=1S/C22H38O3S.C6H6O3S.Sn/c1-3-5-7-9-11-13-17-22(26,18-14-12-10-8-6-4-2)21(23)25-20-16-15-19-24-20;7-5(4-10)9-6-2-1-3-8-6;/h15-16,19,26H,3-14,17-18H2,1-2H3;1-3,10H,4H2;/q;;+2/p-2. The molecule has 0 aliphatic carbocycles. The van der Waals surface area contributed by atoms with Gasteiger partial charge in [0.25, 0.3) is 0 Å². The Hall–Kier alpha value is -1.00. The Morgan fingerprint density at radius 3 is 1.81 bits per heavy atom. The molecule has 0 aliphatic rings. The van der Waals surface area contributed by atoms with E-state index in [9.17, 15) is 9.59 Å². The van der Waals surface area contributed by atoms with Gasteiger partial charge in [-0.1, -0.05) is 0 Å². The molecule has 0 spiro atoms.